The smallest absolute Gasteiger partial charge is 0.164 e. The van der Waals surface area contributed by atoms with Crippen molar-refractivity contribution >= 4 is 63.8 Å². The Morgan fingerprint density at radius 2 is 0.955 bits per heavy atom. The molecular formula is C40H25N3S. The number of aryl methyl sites for hydroxylation is 1. The molecule has 3 nitrogen and oxygen atoms in total. The third kappa shape index (κ3) is 3.85. The number of hydrogen-bond acceptors (Lipinski definition) is 4. The molecule has 0 aliphatic heterocycles. The van der Waals surface area contributed by atoms with Gasteiger partial charge in [-0.25, -0.2) is 15.0 Å². The predicted molar refractivity (Wildman–Crippen MR) is 186 cm³/mol. The number of fused-ring (bicyclic) bond motifs is 9. The molecule has 0 saturated carbocycles. The molecule has 2 heterocycles. The van der Waals surface area contributed by atoms with Crippen molar-refractivity contribution in [1.82, 2.24) is 15.0 Å². The molecule has 206 valence electrons. The minimum atomic E-state index is 0.668. The van der Waals surface area contributed by atoms with Crippen molar-refractivity contribution in [2.24, 2.45) is 0 Å². The highest BCUT2D eigenvalue weighted by molar-refractivity contribution is 7.26. The summed E-state index contributed by atoms with van der Waals surface area (Å²) in [7, 11) is 0. The molecule has 0 aliphatic carbocycles. The highest BCUT2D eigenvalue weighted by atomic mass is 32.1. The summed E-state index contributed by atoms with van der Waals surface area (Å²) in [6, 6.07) is 47.1. The minimum absolute atomic E-state index is 0.668. The molecule has 9 rings (SSSR count). The van der Waals surface area contributed by atoms with Crippen LogP contribution in [-0.2, 0) is 0 Å². The molecule has 9 aromatic rings. The normalized spacial score (nSPS) is 11.8. The molecule has 0 saturated heterocycles. The van der Waals surface area contributed by atoms with Crippen molar-refractivity contribution in [2.75, 3.05) is 0 Å². The Morgan fingerprint density at radius 1 is 0.409 bits per heavy atom. The van der Waals surface area contributed by atoms with E-state index >= 15 is 0 Å². The maximum Gasteiger partial charge on any atom is 0.164 e. The number of rotatable bonds is 3. The molecule has 44 heavy (non-hydrogen) atoms. The second-order valence-electron chi connectivity index (χ2n) is 11.3. The van der Waals surface area contributed by atoms with Gasteiger partial charge in [-0.3, -0.25) is 0 Å². The van der Waals surface area contributed by atoms with E-state index in [1.165, 1.54) is 58.1 Å². The monoisotopic (exact) mass is 579 g/mol. The topological polar surface area (TPSA) is 38.7 Å². The highest BCUT2D eigenvalue weighted by Crippen LogP contribution is 2.42. The molecule has 4 heteroatoms. The molecular weight excluding hydrogens is 555 g/mol. The Balaban J connectivity index is 1.34. The maximum atomic E-state index is 5.20. The molecule has 7 aromatic carbocycles. The van der Waals surface area contributed by atoms with E-state index in [-0.39, 0.29) is 0 Å². The van der Waals surface area contributed by atoms with Crippen LogP contribution < -0.4 is 0 Å². The number of nitrogens with zero attached hydrogens (tertiary/aromatic N) is 3. The second kappa shape index (κ2) is 9.80. The molecule has 0 N–H and O–H groups in total. The van der Waals surface area contributed by atoms with E-state index < -0.39 is 0 Å². The summed E-state index contributed by atoms with van der Waals surface area (Å²) in [5.41, 5.74) is 4.22. The van der Waals surface area contributed by atoms with Crippen LogP contribution in [0.4, 0.5) is 0 Å². The van der Waals surface area contributed by atoms with Crippen LogP contribution >= 0.6 is 11.3 Å². The number of thiophene rings is 1. The zero-order chi connectivity index (χ0) is 29.2. The van der Waals surface area contributed by atoms with E-state index in [9.17, 15) is 0 Å². The van der Waals surface area contributed by atoms with Gasteiger partial charge in [-0.05, 0) is 63.0 Å². The molecule has 0 radical (unpaired) electrons. The van der Waals surface area contributed by atoms with E-state index in [2.05, 4.69) is 122 Å². The largest absolute Gasteiger partial charge is 0.208 e. The second-order valence-corrected chi connectivity index (χ2v) is 12.3. The van der Waals surface area contributed by atoms with Gasteiger partial charge in [-0.1, -0.05) is 115 Å². The fourth-order valence-corrected chi connectivity index (χ4v) is 7.82. The van der Waals surface area contributed by atoms with Crippen LogP contribution in [0, 0.1) is 6.92 Å². The molecule has 0 spiro atoms. The summed E-state index contributed by atoms with van der Waals surface area (Å²) in [4.78, 5) is 15.4. The Bertz CT molecular complexity index is 2530. The Labute approximate surface area is 258 Å². The van der Waals surface area contributed by atoms with Crippen molar-refractivity contribution in [3.8, 4) is 34.2 Å². The van der Waals surface area contributed by atoms with Crippen LogP contribution in [0.15, 0.2) is 133 Å². The average molecular weight is 580 g/mol. The molecule has 2 aromatic heterocycles. The Morgan fingerprint density at radius 3 is 1.66 bits per heavy atom. The Hall–Kier alpha value is -5.45. The van der Waals surface area contributed by atoms with Crippen LogP contribution in [0.2, 0.25) is 0 Å². The van der Waals surface area contributed by atoms with Crippen molar-refractivity contribution in [3.63, 3.8) is 0 Å². The van der Waals surface area contributed by atoms with Crippen LogP contribution in [0.3, 0.4) is 0 Å². The zero-order valence-corrected chi connectivity index (χ0v) is 24.8. The summed E-state index contributed by atoms with van der Waals surface area (Å²) in [6.45, 7) is 2.18. The zero-order valence-electron chi connectivity index (χ0n) is 24.0. The third-order valence-electron chi connectivity index (χ3n) is 8.64. The van der Waals surface area contributed by atoms with Gasteiger partial charge in [0.25, 0.3) is 0 Å². The van der Waals surface area contributed by atoms with Crippen LogP contribution in [-0.4, -0.2) is 15.0 Å². The maximum absolute atomic E-state index is 5.20. The first-order valence-electron chi connectivity index (χ1n) is 14.8. The number of aromatic nitrogens is 3. The lowest BCUT2D eigenvalue weighted by Crippen LogP contribution is -2.00. The first-order chi connectivity index (χ1) is 21.7. The molecule has 0 unspecified atom stereocenters. The van der Waals surface area contributed by atoms with Gasteiger partial charge in [-0.2, -0.15) is 0 Å². The average Bonchev–Trinajstić information content (AvgIpc) is 3.49. The lowest BCUT2D eigenvalue weighted by molar-refractivity contribution is 1.08. The Kier molecular flexibility index (Phi) is 5.59. The predicted octanol–water partition coefficient (Wildman–Crippen LogP) is 11.0. The molecule has 0 bridgehead atoms. The summed E-state index contributed by atoms with van der Waals surface area (Å²) < 4.78 is 2.51. The highest BCUT2D eigenvalue weighted by Gasteiger charge is 2.18. The fourth-order valence-electron chi connectivity index (χ4n) is 6.61. The van der Waals surface area contributed by atoms with Crippen LogP contribution in [0.1, 0.15) is 5.56 Å². The third-order valence-corrected chi connectivity index (χ3v) is 9.76. The van der Waals surface area contributed by atoms with E-state index in [0.717, 1.165) is 16.7 Å². The molecule has 0 atom stereocenters. The lowest BCUT2D eigenvalue weighted by Gasteiger charge is -2.13. The van der Waals surface area contributed by atoms with Crippen LogP contribution in [0.5, 0.6) is 0 Å². The first kappa shape index (κ1) is 25.1. The van der Waals surface area contributed by atoms with Crippen molar-refractivity contribution in [3.05, 3.63) is 139 Å². The van der Waals surface area contributed by atoms with Crippen molar-refractivity contribution in [2.45, 2.75) is 6.92 Å². The summed E-state index contributed by atoms with van der Waals surface area (Å²) in [6.07, 6.45) is 0. The van der Waals surface area contributed by atoms with E-state index in [1.807, 2.05) is 29.5 Å². The lowest BCUT2D eigenvalue weighted by atomic mass is 9.93. The van der Waals surface area contributed by atoms with Gasteiger partial charge in [0.2, 0.25) is 0 Å². The van der Waals surface area contributed by atoms with E-state index in [1.54, 1.807) is 0 Å². The quantitative estimate of drug-likeness (QED) is 0.195. The van der Waals surface area contributed by atoms with Gasteiger partial charge < -0.3 is 0 Å². The fraction of sp³-hybridized carbons (Fsp3) is 0.0250. The van der Waals surface area contributed by atoms with Gasteiger partial charge >= 0.3 is 0 Å². The van der Waals surface area contributed by atoms with Gasteiger partial charge in [0, 0.05) is 36.9 Å². The summed E-state index contributed by atoms with van der Waals surface area (Å²) >= 11 is 1.82. The number of hydrogen-bond donors (Lipinski definition) is 0. The van der Waals surface area contributed by atoms with Crippen LogP contribution in [0.25, 0.3) is 86.7 Å². The van der Waals surface area contributed by atoms with Gasteiger partial charge in [-0.15, -0.1) is 11.3 Å². The standard InChI is InChI=1S/C40H25N3S/c1-24-11-9-19-34-36(24)37-32(18-10-20-35(37)44-34)40-42-38(25-12-3-2-4-13-25)41-39(43-40)26-21-22-31-29-16-6-5-14-27(29)28-15-7-8-17-30(28)33(31)23-26/h2-23H,1H3. The van der Waals surface area contributed by atoms with Crippen molar-refractivity contribution in [1.29, 1.82) is 0 Å². The van der Waals surface area contributed by atoms with Gasteiger partial charge in [0.15, 0.2) is 17.5 Å². The first-order valence-corrected chi connectivity index (χ1v) is 15.6. The van der Waals surface area contributed by atoms with Crippen molar-refractivity contribution < 1.29 is 0 Å². The van der Waals surface area contributed by atoms with E-state index in [4.69, 9.17) is 15.0 Å². The SMILES string of the molecule is Cc1cccc2sc3cccc(-c4nc(-c5ccccc5)nc(-c5ccc6c7ccccc7c7ccccc7c6c5)n4)c3c12. The summed E-state index contributed by atoms with van der Waals surface area (Å²) in [5.74, 6) is 2.02. The van der Waals surface area contributed by atoms with E-state index in [0.29, 0.717) is 17.5 Å². The molecule has 0 fully saturated rings. The molecule has 0 amide bonds. The van der Waals surface area contributed by atoms with Gasteiger partial charge in [0.05, 0.1) is 0 Å². The molecule has 0 aliphatic rings. The minimum Gasteiger partial charge on any atom is -0.208 e. The number of benzene rings is 7. The summed E-state index contributed by atoms with van der Waals surface area (Å²) in [5, 5.41) is 9.90. The van der Waals surface area contributed by atoms with Gasteiger partial charge in [0.1, 0.15) is 0 Å².